The van der Waals surface area contributed by atoms with Crippen LogP contribution >= 0.6 is 0 Å². The van der Waals surface area contributed by atoms with Crippen molar-refractivity contribution in [3.63, 3.8) is 0 Å². The van der Waals surface area contributed by atoms with E-state index >= 15 is 0 Å². The van der Waals surface area contributed by atoms with Crippen LogP contribution in [0.15, 0.2) is 24.3 Å². The average molecular weight is 191 g/mol. The summed E-state index contributed by atoms with van der Waals surface area (Å²) in [6.07, 6.45) is 0.577. The third-order valence-electron chi connectivity index (χ3n) is 2.29. The molecule has 1 amide bonds. The first kappa shape index (κ1) is 8.87. The zero-order valence-corrected chi connectivity index (χ0v) is 8.08. The van der Waals surface area contributed by atoms with Gasteiger partial charge in [0.1, 0.15) is 0 Å². The molecule has 1 aliphatic rings. The van der Waals surface area contributed by atoms with Crippen LogP contribution < -0.4 is 15.8 Å². The predicted molar refractivity (Wildman–Crippen MR) is 56.1 cm³/mol. The largest absolute Gasteiger partial charge is 0.388 e. The maximum Gasteiger partial charge on any atom is 0.240 e. The lowest BCUT2D eigenvalue weighted by Gasteiger charge is -2.17. The average Bonchev–Trinajstić information content (AvgIpc) is 2.65. The molecular formula is C10H13N3O. The number of hydrogen-bond acceptors (Lipinski definition) is 3. The van der Waals surface area contributed by atoms with Crippen LogP contribution in [0, 0.1) is 0 Å². The number of carbonyl (C=O) groups is 1. The Morgan fingerprint density at radius 2 is 2.07 bits per heavy atom. The van der Waals surface area contributed by atoms with Crippen molar-refractivity contribution in [2.24, 2.45) is 0 Å². The van der Waals surface area contributed by atoms with Crippen molar-refractivity contribution in [3.8, 4) is 0 Å². The second-order valence-electron chi connectivity index (χ2n) is 3.23. The molecule has 4 nitrogen and oxygen atoms in total. The number of benzene rings is 1. The third kappa shape index (κ3) is 1.64. The van der Waals surface area contributed by atoms with Crippen LogP contribution in [0.2, 0.25) is 0 Å². The first-order valence-corrected chi connectivity index (χ1v) is 4.64. The highest BCUT2D eigenvalue weighted by Gasteiger charge is 2.17. The van der Waals surface area contributed by atoms with Crippen molar-refractivity contribution in [3.05, 3.63) is 24.3 Å². The van der Waals surface area contributed by atoms with E-state index < -0.39 is 0 Å². The van der Waals surface area contributed by atoms with E-state index in [2.05, 4.69) is 10.7 Å². The second kappa shape index (κ2) is 3.57. The van der Waals surface area contributed by atoms with Gasteiger partial charge in [-0.1, -0.05) is 0 Å². The van der Waals surface area contributed by atoms with Gasteiger partial charge in [-0.25, -0.2) is 0 Å². The van der Waals surface area contributed by atoms with Crippen molar-refractivity contribution >= 4 is 17.3 Å². The molecule has 0 spiro atoms. The molecule has 0 saturated carbocycles. The fourth-order valence-corrected chi connectivity index (χ4v) is 1.48. The number of amides is 1. The van der Waals surface area contributed by atoms with E-state index in [0.717, 1.165) is 17.9 Å². The molecule has 1 saturated heterocycles. The van der Waals surface area contributed by atoms with Crippen LogP contribution in [-0.2, 0) is 4.79 Å². The Labute approximate surface area is 82.9 Å². The Kier molecular flexibility index (Phi) is 2.26. The van der Waals surface area contributed by atoms with Crippen molar-refractivity contribution in [1.29, 1.82) is 0 Å². The van der Waals surface area contributed by atoms with Gasteiger partial charge in [0.15, 0.2) is 0 Å². The molecule has 1 aliphatic heterocycles. The van der Waals surface area contributed by atoms with Gasteiger partial charge in [-0.05, 0) is 24.3 Å². The number of anilines is 2. The third-order valence-corrected chi connectivity index (χ3v) is 2.29. The van der Waals surface area contributed by atoms with Gasteiger partial charge in [0, 0.05) is 25.7 Å². The number of nitrogens with one attached hydrogen (secondary N) is 2. The van der Waals surface area contributed by atoms with Gasteiger partial charge < -0.3 is 5.32 Å². The summed E-state index contributed by atoms with van der Waals surface area (Å²) in [6.45, 7) is 0.748. The molecule has 0 unspecified atom stereocenters. The van der Waals surface area contributed by atoms with Gasteiger partial charge in [-0.15, -0.1) is 0 Å². The van der Waals surface area contributed by atoms with Crippen molar-refractivity contribution < 1.29 is 4.79 Å². The van der Waals surface area contributed by atoms with Crippen molar-refractivity contribution in [2.75, 3.05) is 23.9 Å². The molecule has 2 N–H and O–H groups in total. The van der Waals surface area contributed by atoms with E-state index in [1.165, 1.54) is 0 Å². The van der Waals surface area contributed by atoms with E-state index in [1.54, 1.807) is 0 Å². The van der Waals surface area contributed by atoms with Crippen molar-refractivity contribution in [1.82, 2.24) is 5.43 Å². The van der Waals surface area contributed by atoms with E-state index in [-0.39, 0.29) is 5.91 Å². The molecule has 0 bridgehead atoms. The summed E-state index contributed by atoms with van der Waals surface area (Å²) < 4.78 is 0. The summed E-state index contributed by atoms with van der Waals surface area (Å²) in [4.78, 5) is 11.0. The zero-order valence-electron chi connectivity index (χ0n) is 8.08. The first-order valence-electron chi connectivity index (χ1n) is 4.64. The van der Waals surface area contributed by atoms with E-state index in [4.69, 9.17) is 0 Å². The number of nitrogens with zero attached hydrogens (tertiary/aromatic N) is 1. The number of rotatable bonds is 2. The molecule has 1 fully saturated rings. The Morgan fingerprint density at radius 1 is 1.36 bits per heavy atom. The van der Waals surface area contributed by atoms with Gasteiger partial charge in [0.2, 0.25) is 5.91 Å². The summed E-state index contributed by atoms with van der Waals surface area (Å²) in [6, 6.07) is 7.94. The van der Waals surface area contributed by atoms with Crippen LogP contribution in [0.25, 0.3) is 0 Å². The molecule has 1 heterocycles. The van der Waals surface area contributed by atoms with Gasteiger partial charge in [-0.2, -0.15) is 0 Å². The molecule has 4 heteroatoms. The number of carbonyl (C=O) groups excluding carboxylic acids is 1. The quantitative estimate of drug-likeness (QED) is 0.732. The highest BCUT2D eigenvalue weighted by molar-refractivity contribution is 5.81. The number of hydrogen-bond donors (Lipinski definition) is 2. The summed E-state index contributed by atoms with van der Waals surface area (Å²) in [5.74, 6) is 0.0858. The summed E-state index contributed by atoms with van der Waals surface area (Å²) in [7, 11) is 1.88. The Hall–Kier alpha value is -1.71. The summed E-state index contributed by atoms with van der Waals surface area (Å²) in [5, 5.41) is 4.91. The topological polar surface area (TPSA) is 44.4 Å². The summed E-state index contributed by atoms with van der Waals surface area (Å²) >= 11 is 0. The molecule has 2 rings (SSSR count). The normalized spacial score (nSPS) is 15.5. The fourth-order valence-electron chi connectivity index (χ4n) is 1.48. The second-order valence-corrected chi connectivity index (χ2v) is 3.23. The Morgan fingerprint density at radius 3 is 2.57 bits per heavy atom. The monoisotopic (exact) mass is 191 g/mol. The minimum Gasteiger partial charge on any atom is -0.388 e. The van der Waals surface area contributed by atoms with Crippen LogP contribution in [0.5, 0.6) is 0 Å². The highest BCUT2D eigenvalue weighted by atomic mass is 16.2. The lowest BCUT2D eigenvalue weighted by atomic mass is 10.3. The predicted octanol–water partition coefficient (Wildman–Crippen LogP) is 0.970. The lowest BCUT2D eigenvalue weighted by molar-refractivity contribution is -0.119. The fraction of sp³-hybridized carbons (Fsp3) is 0.300. The van der Waals surface area contributed by atoms with Crippen LogP contribution in [0.4, 0.5) is 11.4 Å². The van der Waals surface area contributed by atoms with Gasteiger partial charge >= 0.3 is 0 Å². The van der Waals surface area contributed by atoms with E-state index in [9.17, 15) is 4.79 Å². The maximum atomic E-state index is 11.0. The molecule has 1 aromatic carbocycles. The maximum absolute atomic E-state index is 11.0. The molecule has 0 radical (unpaired) electrons. The smallest absolute Gasteiger partial charge is 0.240 e. The lowest BCUT2D eigenvalue weighted by Crippen LogP contribution is -2.32. The molecule has 0 aromatic heterocycles. The first-order chi connectivity index (χ1) is 6.79. The van der Waals surface area contributed by atoms with Crippen LogP contribution in [0.1, 0.15) is 6.42 Å². The molecular weight excluding hydrogens is 178 g/mol. The van der Waals surface area contributed by atoms with Gasteiger partial charge in [0.05, 0.1) is 5.69 Å². The standard InChI is InChI=1S/C10H13N3O/c1-11-8-2-4-9(5-3-8)13-7-6-10(14)12-13/h2-5,11H,6-7H2,1H3,(H,12,14). The SMILES string of the molecule is CNc1ccc(N2CCC(=O)N2)cc1. The van der Waals surface area contributed by atoms with Crippen LogP contribution in [0.3, 0.4) is 0 Å². The molecule has 74 valence electrons. The Balaban J connectivity index is 2.13. The minimum absolute atomic E-state index is 0.0858. The van der Waals surface area contributed by atoms with Crippen LogP contribution in [-0.4, -0.2) is 19.5 Å². The minimum atomic E-state index is 0.0858. The van der Waals surface area contributed by atoms with E-state index in [0.29, 0.717) is 6.42 Å². The van der Waals surface area contributed by atoms with Gasteiger partial charge in [0.25, 0.3) is 0 Å². The Bertz CT molecular complexity index is 334. The number of hydrazine groups is 1. The van der Waals surface area contributed by atoms with Crippen molar-refractivity contribution in [2.45, 2.75) is 6.42 Å². The molecule has 0 atom stereocenters. The van der Waals surface area contributed by atoms with E-state index in [1.807, 2.05) is 36.3 Å². The molecule has 14 heavy (non-hydrogen) atoms. The zero-order chi connectivity index (χ0) is 9.97. The molecule has 1 aromatic rings. The van der Waals surface area contributed by atoms with Gasteiger partial charge in [-0.3, -0.25) is 15.2 Å². The molecule has 0 aliphatic carbocycles. The summed E-state index contributed by atoms with van der Waals surface area (Å²) in [5.41, 5.74) is 4.87. The highest BCUT2D eigenvalue weighted by Crippen LogP contribution is 2.18.